The van der Waals surface area contributed by atoms with Crippen LogP contribution in [-0.2, 0) is 6.42 Å². The van der Waals surface area contributed by atoms with Crippen LogP contribution in [0.3, 0.4) is 0 Å². The van der Waals surface area contributed by atoms with Gasteiger partial charge in [0.25, 0.3) is 0 Å². The number of aryl methyl sites for hydroxylation is 1. The molecule has 0 fully saturated rings. The molecule has 0 saturated heterocycles. The van der Waals surface area contributed by atoms with Gasteiger partial charge in [0.2, 0.25) is 0 Å². The number of rotatable bonds is 4. The van der Waals surface area contributed by atoms with Gasteiger partial charge >= 0.3 is 0 Å². The van der Waals surface area contributed by atoms with Gasteiger partial charge in [0.1, 0.15) is 0 Å². The van der Waals surface area contributed by atoms with E-state index in [0.29, 0.717) is 12.5 Å². The number of carbonyl (C=O) groups excluding carboxylic acids is 1. The van der Waals surface area contributed by atoms with Gasteiger partial charge in [-0.15, -0.1) is 0 Å². The summed E-state index contributed by atoms with van der Waals surface area (Å²) in [5.74, 6) is 0.127. The van der Waals surface area contributed by atoms with E-state index in [0.717, 1.165) is 16.8 Å². The van der Waals surface area contributed by atoms with Crippen molar-refractivity contribution in [1.82, 2.24) is 9.78 Å². The van der Waals surface area contributed by atoms with Crippen LogP contribution in [-0.4, -0.2) is 15.6 Å². The predicted octanol–water partition coefficient (Wildman–Crippen LogP) is 3.20. The number of ketones is 1. The predicted molar refractivity (Wildman–Crippen MR) is 71.8 cm³/mol. The average Bonchev–Trinajstić information content (AvgIpc) is 2.78. The molecule has 0 spiro atoms. The molecule has 2 rings (SSSR count). The van der Waals surface area contributed by atoms with E-state index in [1.54, 1.807) is 0 Å². The molecule has 0 radical (unpaired) electrons. The van der Waals surface area contributed by atoms with Crippen LogP contribution in [0, 0.1) is 6.92 Å². The lowest BCUT2D eigenvalue weighted by Crippen LogP contribution is -2.07. The fraction of sp³-hybridized carbons (Fsp3) is 0.333. The number of hydrogen-bond acceptors (Lipinski definition) is 2. The van der Waals surface area contributed by atoms with Crippen molar-refractivity contribution in [2.45, 2.75) is 33.2 Å². The number of aromatic nitrogens is 2. The highest BCUT2D eigenvalue weighted by atomic mass is 16.1. The molecule has 1 aromatic carbocycles. The number of hydrogen-bond donors (Lipinski definition) is 0. The van der Waals surface area contributed by atoms with Gasteiger partial charge in [-0.05, 0) is 32.4 Å². The van der Waals surface area contributed by atoms with Gasteiger partial charge in [0, 0.05) is 17.8 Å². The highest BCUT2D eigenvalue weighted by Crippen LogP contribution is 2.12. The summed E-state index contributed by atoms with van der Waals surface area (Å²) < 4.78 is 1.88. The molecule has 1 aromatic heterocycles. The van der Waals surface area contributed by atoms with Gasteiger partial charge in [-0.3, -0.25) is 9.48 Å². The second kappa shape index (κ2) is 5.17. The lowest BCUT2D eigenvalue weighted by Gasteiger charge is -2.04. The molecule has 0 aliphatic rings. The first-order valence-electron chi connectivity index (χ1n) is 6.21. The summed E-state index contributed by atoms with van der Waals surface area (Å²) in [5, 5.41) is 4.40. The van der Waals surface area contributed by atoms with Crippen LogP contribution in [0.2, 0.25) is 0 Å². The van der Waals surface area contributed by atoms with Crippen LogP contribution < -0.4 is 0 Å². The minimum atomic E-state index is 0.127. The van der Waals surface area contributed by atoms with Gasteiger partial charge in [-0.25, -0.2) is 0 Å². The fourth-order valence-corrected chi connectivity index (χ4v) is 1.90. The van der Waals surface area contributed by atoms with Crippen molar-refractivity contribution in [3.8, 4) is 0 Å². The Labute approximate surface area is 107 Å². The van der Waals surface area contributed by atoms with Gasteiger partial charge in [-0.1, -0.05) is 24.3 Å². The first kappa shape index (κ1) is 12.6. The number of benzene rings is 1. The zero-order valence-corrected chi connectivity index (χ0v) is 11.1. The van der Waals surface area contributed by atoms with Gasteiger partial charge in [-0.2, -0.15) is 5.10 Å². The largest absolute Gasteiger partial charge is 0.294 e. The summed E-state index contributed by atoms with van der Waals surface area (Å²) in [7, 11) is 0. The Morgan fingerprint density at radius 2 is 2.00 bits per heavy atom. The molecule has 0 aliphatic carbocycles. The Kier molecular flexibility index (Phi) is 3.60. The van der Waals surface area contributed by atoms with Gasteiger partial charge in [0.05, 0.1) is 12.1 Å². The average molecular weight is 242 g/mol. The van der Waals surface area contributed by atoms with Crippen molar-refractivity contribution in [1.29, 1.82) is 0 Å². The van der Waals surface area contributed by atoms with Crippen molar-refractivity contribution in [3.63, 3.8) is 0 Å². The van der Waals surface area contributed by atoms with Crippen LogP contribution in [0.25, 0.3) is 0 Å². The molecule has 0 amide bonds. The Morgan fingerprint density at radius 3 is 2.61 bits per heavy atom. The smallest absolute Gasteiger partial charge is 0.169 e. The summed E-state index contributed by atoms with van der Waals surface area (Å²) >= 11 is 0. The molecule has 0 bridgehead atoms. The van der Waals surface area contributed by atoms with Crippen LogP contribution in [0.15, 0.2) is 36.5 Å². The van der Waals surface area contributed by atoms with E-state index in [4.69, 9.17) is 0 Å². The lowest BCUT2D eigenvalue weighted by atomic mass is 10.0. The molecule has 94 valence electrons. The van der Waals surface area contributed by atoms with E-state index in [1.807, 2.05) is 48.1 Å². The summed E-state index contributed by atoms with van der Waals surface area (Å²) in [4.78, 5) is 12.2. The minimum Gasteiger partial charge on any atom is -0.294 e. The summed E-state index contributed by atoms with van der Waals surface area (Å²) in [5.41, 5.74) is 2.64. The minimum absolute atomic E-state index is 0.127. The van der Waals surface area contributed by atoms with Crippen molar-refractivity contribution in [2.75, 3.05) is 0 Å². The Balaban J connectivity index is 2.14. The van der Waals surface area contributed by atoms with Gasteiger partial charge in [0.15, 0.2) is 5.78 Å². The maximum absolute atomic E-state index is 12.2. The van der Waals surface area contributed by atoms with Crippen LogP contribution >= 0.6 is 0 Å². The third kappa shape index (κ3) is 2.67. The first-order chi connectivity index (χ1) is 8.58. The van der Waals surface area contributed by atoms with E-state index >= 15 is 0 Å². The quantitative estimate of drug-likeness (QED) is 0.772. The molecule has 18 heavy (non-hydrogen) atoms. The van der Waals surface area contributed by atoms with Crippen LogP contribution in [0.5, 0.6) is 0 Å². The molecule has 1 heterocycles. The zero-order chi connectivity index (χ0) is 13.1. The van der Waals surface area contributed by atoms with E-state index in [9.17, 15) is 4.79 Å². The maximum atomic E-state index is 12.2. The topological polar surface area (TPSA) is 34.9 Å². The second-order valence-electron chi connectivity index (χ2n) is 4.80. The number of carbonyl (C=O) groups is 1. The van der Waals surface area contributed by atoms with E-state index in [2.05, 4.69) is 18.9 Å². The van der Waals surface area contributed by atoms with Crippen molar-refractivity contribution in [3.05, 3.63) is 53.3 Å². The third-order valence-corrected chi connectivity index (χ3v) is 2.98. The molecule has 0 aliphatic heterocycles. The molecule has 3 nitrogen and oxygen atoms in total. The van der Waals surface area contributed by atoms with E-state index in [-0.39, 0.29) is 5.78 Å². The summed E-state index contributed by atoms with van der Waals surface area (Å²) in [6.07, 6.45) is 2.29. The second-order valence-corrected chi connectivity index (χ2v) is 4.80. The first-order valence-corrected chi connectivity index (χ1v) is 6.21. The molecule has 2 aromatic rings. The maximum Gasteiger partial charge on any atom is 0.169 e. The molecule has 0 N–H and O–H groups in total. The monoisotopic (exact) mass is 242 g/mol. The van der Waals surface area contributed by atoms with Gasteiger partial charge < -0.3 is 0 Å². The molecule has 0 atom stereocenters. The van der Waals surface area contributed by atoms with Crippen molar-refractivity contribution in [2.24, 2.45) is 0 Å². The Morgan fingerprint density at radius 1 is 1.28 bits per heavy atom. The Hall–Kier alpha value is -1.90. The Bertz CT molecular complexity index is 555. The highest BCUT2D eigenvalue weighted by molar-refractivity contribution is 5.98. The molecular weight excluding hydrogens is 224 g/mol. The SMILES string of the molecule is Cc1ccccc1C(=O)Cc1ccn(C(C)C)n1. The molecular formula is C15H18N2O. The lowest BCUT2D eigenvalue weighted by molar-refractivity contribution is 0.0991. The number of nitrogens with zero attached hydrogens (tertiary/aromatic N) is 2. The summed E-state index contributed by atoms with van der Waals surface area (Å²) in [6.45, 7) is 6.10. The standard InChI is InChI=1S/C15H18N2O/c1-11(2)17-9-8-13(16-17)10-15(18)14-7-5-4-6-12(14)3/h4-9,11H,10H2,1-3H3. The molecule has 0 unspecified atom stereocenters. The molecule has 3 heteroatoms. The molecule has 0 saturated carbocycles. The highest BCUT2D eigenvalue weighted by Gasteiger charge is 2.11. The summed E-state index contributed by atoms with van der Waals surface area (Å²) in [6, 6.07) is 9.91. The van der Waals surface area contributed by atoms with Crippen molar-refractivity contribution < 1.29 is 4.79 Å². The van der Waals surface area contributed by atoms with Crippen LogP contribution in [0.1, 0.15) is 41.5 Å². The fourth-order valence-electron chi connectivity index (χ4n) is 1.90. The number of Topliss-reactive ketones (excluding diaryl/α,β-unsaturated/α-hetero) is 1. The van der Waals surface area contributed by atoms with E-state index < -0.39 is 0 Å². The van der Waals surface area contributed by atoms with Crippen LogP contribution in [0.4, 0.5) is 0 Å². The third-order valence-electron chi connectivity index (χ3n) is 2.98. The van der Waals surface area contributed by atoms with E-state index in [1.165, 1.54) is 0 Å². The zero-order valence-electron chi connectivity index (χ0n) is 11.1. The van der Waals surface area contributed by atoms with Crippen molar-refractivity contribution >= 4 is 5.78 Å². The normalized spacial score (nSPS) is 10.9.